The molecule has 0 bridgehead atoms. The number of nitrogens with two attached hydrogens (primary N) is 1. The van der Waals surface area contributed by atoms with Crippen LogP contribution in [0.3, 0.4) is 0 Å². The maximum atomic E-state index is 11.5. The highest BCUT2D eigenvalue weighted by atomic mass is 32.2. The van der Waals surface area contributed by atoms with Crippen LogP contribution in [0.4, 0.5) is 0 Å². The average molecular weight is 221 g/mol. The molecule has 1 unspecified atom stereocenters. The molecule has 0 amide bonds. The fourth-order valence-electron chi connectivity index (χ4n) is 1.96. The minimum atomic E-state index is -2.95. The Morgan fingerprint density at radius 2 is 2.14 bits per heavy atom. The van der Waals surface area contributed by atoms with E-state index < -0.39 is 15.4 Å². The maximum Gasteiger partial charge on any atom is 0.153 e. The molecular formula is C9H19NO3S. The normalized spacial score (nSPS) is 32.0. The Hall–Kier alpha value is -0.130. The van der Waals surface area contributed by atoms with Gasteiger partial charge in [0, 0.05) is 6.54 Å². The topological polar surface area (TPSA) is 69.4 Å². The molecule has 2 N–H and O–H groups in total. The average Bonchev–Trinajstić information content (AvgIpc) is 2.01. The van der Waals surface area contributed by atoms with E-state index >= 15 is 0 Å². The van der Waals surface area contributed by atoms with Gasteiger partial charge in [0.1, 0.15) is 0 Å². The molecule has 14 heavy (non-hydrogen) atoms. The van der Waals surface area contributed by atoms with Crippen molar-refractivity contribution in [2.75, 3.05) is 18.1 Å². The van der Waals surface area contributed by atoms with Gasteiger partial charge < -0.3 is 10.5 Å². The summed E-state index contributed by atoms with van der Waals surface area (Å²) in [5, 5.41) is 0. The molecule has 0 radical (unpaired) electrons. The van der Waals surface area contributed by atoms with Crippen LogP contribution in [0.25, 0.3) is 0 Å². The van der Waals surface area contributed by atoms with Crippen LogP contribution >= 0.6 is 0 Å². The van der Waals surface area contributed by atoms with Crippen LogP contribution in [0.2, 0.25) is 0 Å². The van der Waals surface area contributed by atoms with Crippen LogP contribution in [0.1, 0.15) is 26.7 Å². The molecule has 0 saturated carbocycles. The first-order chi connectivity index (χ1) is 6.39. The van der Waals surface area contributed by atoms with Crippen molar-refractivity contribution in [3.05, 3.63) is 0 Å². The van der Waals surface area contributed by atoms with Crippen LogP contribution < -0.4 is 5.73 Å². The lowest BCUT2D eigenvalue weighted by atomic mass is 9.99. The highest BCUT2D eigenvalue weighted by Crippen LogP contribution is 2.27. The summed E-state index contributed by atoms with van der Waals surface area (Å²) < 4.78 is 28.6. The third-order valence-corrected chi connectivity index (χ3v) is 4.31. The number of sulfone groups is 1. The van der Waals surface area contributed by atoms with E-state index in [9.17, 15) is 8.42 Å². The van der Waals surface area contributed by atoms with Gasteiger partial charge in [-0.15, -0.1) is 0 Å². The highest BCUT2D eigenvalue weighted by molar-refractivity contribution is 7.91. The zero-order chi connectivity index (χ0) is 10.8. The summed E-state index contributed by atoms with van der Waals surface area (Å²) >= 11 is 0. The third-order valence-electron chi connectivity index (χ3n) is 2.43. The molecule has 1 heterocycles. The number of hydrogen-bond acceptors (Lipinski definition) is 4. The summed E-state index contributed by atoms with van der Waals surface area (Å²) in [5.41, 5.74) is 4.98. The van der Waals surface area contributed by atoms with Crippen LogP contribution in [0, 0.1) is 0 Å². The smallest absolute Gasteiger partial charge is 0.153 e. The Kier molecular flexibility index (Phi) is 3.55. The quantitative estimate of drug-likeness (QED) is 0.745. The first-order valence-electron chi connectivity index (χ1n) is 4.97. The molecule has 1 atom stereocenters. The molecule has 1 fully saturated rings. The predicted octanol–water partition coefficient (Wildman–Crippen LogP) is 0.317. The van der Waals surface area contributed by atoms with Crippen LogP contribution in [0.5, 0.6) is 0 Å². The van der Waals surface area contributed by atoms with Crippen LogP contribution in [-0.2, 0) is 14.6 Å². The van der Waals surface area contributed by atoms with Crippen LogP contribution in [-0.4, -0.2) is 38.2 Å². The fourth-order valence-corrected chi connectivity index (χ4v) is 3.82. The lowest BCUT2D eigenvalue weighted by molar-refractivity contribution is -0.0663. The van der Waals surface area contributed by atoms with Crippen LogP contribution in [0.15, 0.2) is 0 Å². The van der Waals surface area contributed by atoms with E-state index in [1.54, 1.807) is 0 Å². The van der Waals surface area contributed by atoms with E-state index in [0.717, 1.165) is 6.42 Å². The molecule has 0 aromatic rings. The number of rotatable bonds is 3. The molecule has 4 nitrogen and oxygen atoms in total. The molecule has 84 valence electrons. The van der Waals surface area contributed by atoms with Gasteiger partial charge in [-0.2, -0.15) is 0 Å². The number of hydrogen-bond donors (Lipinski definition) is 1. The second-order valence-corrected chi connectivity index (χ2v) is 6.43. The molecule has 0 spiro atoms. The monoisotopic (exact) mass is 221 g/mol. The van der Waals surface area contributed by atoms with Crippen molar-refractivity contribution >= 4 is 9.84 Å². The fraction of sp³-hybridized carbons (Fsp3) is 1.00. The molecule has 1 rings (SSSR count). The minimum absolute atomic E-state index is 0.0202. The van der Waals surface area contributed by atoms with Gasteiger partial charge in [0.2, 0.25) is 0 Å². The van der Waals surface area contributed by atoms with Crippen molar-refractivity contribution in [3.63, 3.8) is 0 Å². The maximum absolute atomic E-state index is 11.5. The van der Waals surface area contributed by atoms with E-state index in [4.69, 9.17) is 10.5 Å². The summed E-state index contributed by atoms with van der Waals surface area (Å²) in [6.07, 6.45) is 1.43. The Labute approximate surface area is 85.7 Å². The second kappa shape index (κ2) is 4.16. The van der Waals surface area contributed by atoms with Gasteiger partial charge >= 0.3 is 0 Å². The molecule has 1 saturated heterocycles. The molecular weight excluding hydrogens is 202 g/mol. The van der Waals surface area contributed by atoms with Crippen molar-refractivity contribution in [2.24, 2.45) is 5.73 Å². The van der Waals surface area contributed by atoms with Gasteiger partial charge in [0.25, 0.3) is 0 Å². The second-order valence-electron chi connectivity index (χ2n) is 4.25. The molecule has 5 heteroatoms. The van der Waals surface area contributed by atoms with Crippen molar-refractivity contribution < 1.29 is 13.2 Å². The van der Waals surface area contributed by atoms with Crippen molar-refractivity contribution in [2.45, 2.75) is 38.4 Å². The molecule has 0 aromatic heterocycles. The SMILES string of the molecule is CC(C)OC1(CN)CCCS(=O)(=O)C1. The number of ether oxygens (including phenoxy) is 1. The molecule has 0 aliphatic carbocycles. The van der Waals surface area contributed by atoms with Gasteiger partial charge in [-0.1, -0.05) is 0 Å². The Bertz CT molecular complexity index is 286. The van der Waals surface area contributed by atoms with Crippen molar-refractivity contribution in [3.8, 4) is 0 Å². The Morgan fingerprint density at radius 3 is 2.57 bits per heavy atom. The van der Waals surface area contributed by atoms with Crippen molar-refractivity contribution in [1.82, 2.24) is 0 Å². The van der Waals surface area contributed by atoms with E-state index in [-0.39, 0.29) is 24.2 Å². The lowest BCUT2D eigenvalue weighted by Gasteiger charge is -2.37. The standard InChI is InChI=1S/C9H19NO3S/c1-8(2)13-9(6-10)4-3-5-14(11,12)7-9/h8H,3-7,10H2,1-2H3. The third kappa shape index (κ3) is 2.93. The zero-order valence-electron chi connectivity index (χ0n) is 8.82. The minimum Gasteiger partial charge on any atom is -0.370 e. The van der Waals surface area contributed by atoms with Gasteiger partial charge in [-0.3, -0.25) is 0 Å². The van der Waals surface area contributed by atoms with Gasteiger partial charge in [-0.05, 0) is 26.7 Å². The van der Waals surface area contributed by atoms with Gasteiger partial charge in [0.05, 0.1) is 23.2 Å². The van der Waals surface area contributed by atoms with E-state index in [1.807, 2.05) is 13.8 Å². The molecule has 1 aliphatic rings. The zero-order valence-corrected chi connectivity index (χ0v) is 9.64. The van der Waals surface area contributed by atoms with E-state index in [0.29, 0.717) is 6.42 Å². The highest BCUT2D eigenvalue weighted by Gasteiger charge is 2.39. The summed E-state index contributed by atoms with van der Waals surface area (Å²) in [4.78, 5) is 0. The summed E-state index contributed by atoms with van der Waals surface area (Å²) in [5.74, 6) is 0.352. The predicted molar refractivity (Wildman–Crippen MR) is 55.9 cm³/mol. The summed E-state index contributed by atoms with van der Waals surface area (Å²) in [7, 11) is -2.95. The van der Waals surface area contributed by atoms with Gasteiger partial charge in [0.15, 0.2) is 9.84 Å². The first-order valence-corrected chi connectivity index (χ1v) is 6.80. The lowest BCUT2D eigenvalue weighted by Crippen LogP contribution is -2.51. The first kappa shape index (κ1) is 11.9. The summed E-state index contributed by atoms with van der Waals surface area (Å²) in [6.45, 7) is 4.08. The van der Waals surface area contributed by atoms with E-state index in [1.165, 1.54) is 0 Å². The molecule has 1 aliphatic heterocycles. The molecule has 0 aromatic carbocycles. The van der Waals surface area contributed by atoms with Gasteiger partial charge in [-0.25, -0.2) is 8.42 Å². The Balaban J connectivity index is 2.78. The van der Waals surface area contributed by atoms with Crippen molar-refractivity contribution in [1.29, 1.82) is 0 Å². The van der Waals surface area contributed by atoms with E-state index in [2.05, 4.69) is 0 Å². The summed E-state index contributed by atoms with van der Waals surface area (Å²) in [6, 6.07) is 0. The Morgan fingerprint density at radius 1 is 1.50 bits per heavy atom. The largest absolute Gasteiger partial charge is 0.370 e.